The van der Waals surface area contributed by atoms with E-state index in [-0.39, 0.29) is 11.1 Å². The number of rotatable bonds is 2. The number of carboxylic acid groups (broad SMARTS) is 1. The van der Waals surface area contributed by atoms with Crippen LogP contribution in [0.25, 0.3) is 11.1 Å². The van der Waals surface area contributed by atoms with E-state index in [1.165, 1.54) is 30.3 Å². The quantitative estimate of drug-likeness (QED) is 0.871. The van der Waals surface area contributed by atoms with Crippen molar-refractivity contribution < 1.29 is 23.1 Å². The lowest BCUT2D eigenvalue weighted by Gasteiger charge is -2.10. The van der Waals surface area contributed by atoms with Gasteiger partial charge in [-0.05, 0) is 41.5 Å². The average molecular weight is 301 g/mol. The molecule has 2 nitrogen and oxygen atoms in total. The van der Waals surface area contributed by atoms with Crippen LogP contribution >= 0.6 is 11.6 Å². The Bertz CT molecular complexity index is 648. The standard InChI is InChI=1S/C14H8ClF3O2/c15-10-5-6-11(13(19)20)12(7-10)8-1-3-9(4-2-8)14(16,17)18/h1-7H,(H,19,20). The molecule has 6 heteroatoms. The lowest BCUT2D eigenvalue weighted by atomic mass is 9.98. The van der Waals surface area contributed by atoms with Crippen molar-refractivity contribution in [3.63, 3.8) is 0 Å². The minimum atomic E-state index is -4.43. The second kappa shape index (κ2) is 5.17. The van der Waals surface area contributed by atoms with Gasteiger partial charge in [0.05, 0.1) is 11.1 Å². The molecule has 0 aliphatic carbocycles. The molecule has 0 heterocycles. The fourth-order valence-electron chi connectivity index (χ4n) is 1.78. The second-order valence-corrected chi connectivity index (χ2v) is 4.51. The van der Waals surface area contributed by atoms with Crippen molar-refractivity contribution in [2.24, 2.45) is 0 Å². The number of carboxylic acids is 1. The van der Waals surface area contributed by atoms with Gasteiger partial charge in [0.2, 0.25) is 0 Å². The Kier molecular flexibility index (Phi) is 3.72. The van der Waals surface area contributed by atoms with Gasteiger partial charge in [0.25, 0.3) is 0 Å². The van der Waals surface area contributed by atoms with E-state index in [2.05, 4.69) is 0 Å². The van der Waals surface area contributed by atoms with Crippen LogP contribution in [0.2, 0.25) is 5.02 Å². The first-order valence-corrected chi connectivity index (χ1v) is 5.87. The maximum absolute atomic E-state index is 12.5. The summed E-state index contributed by atoms with van der Waals surface area (Å²) in [6, 6.07) is 8.40. The molecule has 0 aliphatic rings. The number of alkyl halides is 3. The number of halogens is 4. The molecule has 0 spiro atoms. The third-order valence-corrected chi connectivity index (χ3v) is 2.97. The maximum atomic E-state index is 12.5. The molecule has 0 bridgehead atoms. The van der Waals surface area contributed by atoms with Gasteiger partial charge in [-0.2, -0.15) is 13.2 Å². The third-order valence-electron chi connectivity index (χ3n) is 2.74. The number of hydrogen-bond acceptors (Lipinski definition) is 1. The highest BCUT2D eigenvalue weighted by Gasteiger charge is 2.30. The van der Waals surface area contributed by atoms with Crippen molar-refractivity contribution in [2.45, 2.75) is 6.18 Å². The van der Waals surface area contributed by atoms with Crippen LogP contribution in [0.1, 0.15) is 15.9 Å². The maximum Gasteiger partial charge on any atom is 0.416 e. The van der Waals surface area contributed by atoms with Crippen molar-refractivity contribution in [1.82, 2.24) is 0 Å². The molecule has 2 rings (SSSR count). The van der Waals surface area contributed by atoms with Crippen LogP contribution in [0.5, 0.6) is 0 Å². The SMILES string of the molecule is O=C(O)c1ccc(Cl)cc1-c1ccc(C(F)(F)F)cc1. The summed E-state index contributed by atoms with van der Waals surface area (Å²) in [7, 11) is 0. The summed E-state index contributed by atoms with van der Waals surface area (Å²) in [6.07, 6.45) is -4.43. The Balaban J connectivity index is 2.52. The van der Waals surface area contributed by atoms with Gasteiger partial charge in [0.1, 0.15) is 0 Å². The molecule has 0 aromatic heterocycles. The smallest absolute Gasteiger partial charge is 0.416 e. The predicted molar refractivity (Wildman–Crippen MR) is 68.8 cm³/mol. The Morgan fingerprint density at radius 1 is 1.05 bits per heavy atom. The molecule has 2 aromatic rings. The van der Waals surface area contributed by atoms with Gasteiger partial charge in [0.15, 0.2) is 0 Å². The third kappa shape index (κ3) is 2.93. The van der Waals surface area contributed by atoms with Crippen LogP contribution in [0, 0.1) is 0 Å². The summed E-state index contributed by atoms with van der Waals surface area (Å²) < 4.78 is 37.4. The van der Waals surface area contributed by atoms with E-state index in [1.807, 2.05) is 0 Å². The largest absolute Gasteiger partial charge is 0.478 e. The highest BCUT2D eigenvalue weighted by Crippen LogP contribution is 2.32. The molecule has 0 aliphatic heterocycles. The summed E-state index contributed by atoms with van der Waals surface area (Å²) >= 11 is 5.80. The molecule has 20 heavy (non-hydrogen) atoms. The highest BCUT2D eigenvalue weighted by molar-refractivity contribution is 6.31. The zero-order valence-corrected chi connectivity index (χ0v) is 10.7. The number of carbonyl (C=O) groups is 1. The summed E-state index contributed by atoms with van der Waals surface area (Å²) in [5, 5.41) is 9.39. The molecular weight excluding hydrogens is 293 g/mol. The van der Waals surface area contributed by atoms with Crippen LogP contribution in [0.4, 0.5) is 13.2 Å². The first-order chi connectivity index (χ1) is 9.29. The second-order valence-electron chi connectivity index (χ2n) is 4.07. The minimum absolute atomic E-state index is 0.0193. The highest BCUT2D eigenvalue weighted by atomic mass is 35.5. The summed E-state index contributed by atoms with van der Waals surface area (Å²) in [6.45, 7) is 0. The Labute approximate surface area is 117 Å². The topological polar surface area (TPSA) is 37.3 Å². The van der Waals surface area contributed by atoms with Crippen molar-refractivity contribution in [3.05, 3.63) is 58.6 Å². The van der Waals surface area contributed by atoms with Gasteiger partial charge in [-0.3, -0.25) is 0 Å². The number of hydrogen-bond donors (Lipinski definition) is 1. The van der Waals surface area contributed by atoms with Gasteiger partial charge in [-0.15, -0.1) is 0 Å². The first-order valence-electron chi connectivity index (χ1n) is 5.49. The van der Waals surface area contributed by atoms with Crippen LogP contribution < -0.4 is 0 Å². The molecule has 1 N–H and O–H groups in total. The monoisotopic (exact) mass is 300 g/mol. The predicted octanol–water partition coefficient (Wildman–Crippen LogP) is 4.72. The van der Waals surface area contributed by atoms with Crippen LogP contribution in [-0.2, 0) is 6.18 Å². The molecule has 0 fully saturated rings. The fourth-order valence-corrected chi connectivity index (χ4v) is 1.95. The fraction of sp³-hybridized carbons (Fsp3) is 0.0714. The molecule has 2 aromatic carbocycles. The summed E-state index contributed by atoms with van der Waals surface area (Å²) in [5.74, 6) is -1.17. The van der Waals surface area contributed by atoms with Gasteiger partial charge in [-0.25, -0.2) is 4.79 Å². The molecule has 0 saturated carbocycles. The molecule has 0 radical (unpaired) electrons. The number of benzene rings is 2. The molecule has 0 atom stereocenters. The van der Waals surface area contributed by atoms with E-state index in [9.17, 15) is 18.0 Å². The molecular formula is C14H8ClF3O2. The van der Waals surface area contributed by atoms with Crippen LogP contribution in [0.3, 0.4) is 0 Å². The zero-order chi connectivity index (χ0) is 14.9. The lowest BCUT2D eigenvalue weighted by molar-refractivity contribution is -0.137. The van der Waals surface area contributed by atoms with Crippen molar-refractivity contribution in [3.8, 4) is 11.1 Å². The van der Waals surface area contributed by atoms with Gasteiger partial charge in [-0.1, -0.05) is 23.7 Å². The first kappa shape index (κ1) is 14.4. The van der Waals surface area contributed by atoms with Gasteiger partial charge in [0, 0.05) is 5.02 Å². The summed E-state index contributed by atoms with van der Waals surface area (Å²) in [4.78, 5) is 11.1. The van der Waals surface area contributed by atoms with Crippen LogP contribution in [0.15, 0.2) is 42.5 Å². The average Bonchev–Trinajstić information content (AvgIpc) is 2.37. The van der Waals surface area contributed by atoms with E-state index in [4.69, 9.17) is 16.7 Å². The van der Waals surface area contributed by atoms with Crippen LogP contribution in [-0.4, -0.2) is 11.1 Å². The van der Waals surface area contributed by atoms with Gasteiger partial charge < -0.3 is 5.11 Å². The van der Waals surface area contributed by atoms with E-state index in [0.717, 1.165) is 12.1 Å². The zero-order valence-electron chi connectivity index (χ0n) is 9.91. The van der Waals surface area contributed by atoms with E-state index in [1.54, 1.807) is 0 Å². The van der Waals surface area contributed by atoms with Crippen molar-refractivity contribution >= 4 is 17.6 Å². The summed E-state index contributed by atoms with van der Waals surface area (Å²) in [5.41, 5.74) is -0.175. The number of aromatic carboxylic acids is 1. The Morgan fingerprint density at radius 2 is 1.65 bits per heavy atom. The van der Waals surface area contributed by atoms with Crippen molar-refractivity contribution in [2.75, 3.05) is 0 Å². The van der Waals surface area contributed by atoms with E-state index in [0.29, 0.717) is 10.6 Å². The molecule has 0 saturated heterocycles. The normalized spacial score (nSPS) is 11.4. The molecule has 104 valence electrons. The minimum Gasteiger partial charge on any atom is -0.478 e. The Hall–Kier alpha value is -2.01. The lowest BCUT2D eigenvalue weighted by Crippen LogP contribution is -2.04. The molecule has 0 amide bonds. The van der Waals surface area contributed by atoms with E-state index < -0.39 is 17.7 Å². The van der Waals surface area contributed by atoms with Gasteiger partial charge >= 0.3 is 12.1 Å². The molecule has 0 unspecified atom stereocenters. The Morgan fingerprint density at radius 3 is 2.15 bits per heavy atom. The van der Waals surface area contributed by atoms with Crippen molar-refractivity contribution in [1.29, 1.82) is 0 Å². The van der Waals surface area contributed by atoms with E-state index >= 15 is 0 Å².